The Bertz CT molecular complexity index is 1540. The Labute approximate surface area is 256 Å². The van der Waals surface area contributed by atoms with Crippen molar-refractivity contribution in [3.8, 4) is 5.75 Å². The molecule has 1 saturated heterocycles. The highest BCUT2D eigenvalue weighted by molar-refractivity contribution is 6.31. The molecule has 4 aliphatic rings. The predicted molar refractivity (Wildman–Crippen MR) is 150 cm³/mol. The van der Waals surface area contributed by atoms with E-state index < -0.39 is 48.5 Å². The average Bonchev–Trinajstić information content (AvgIpc) is 3.51. The number of likely N-dealkylation sites (tertiary alicyclic amines) is 1. The number of amides is 2. The van der Waals surface area contributed by atoms with Gasteiger partial charge in [0, 0.05) is 46.4 Å². The Morgan fingerprint density at radius 1 is 1.28 bits per heavy atom. The van der Waals surface area contributed by atoms with Crippen LogP contribution in [0.4, 0.5) is 8.78 Å². The van der Waals surface area contributed by atoms with Crippen molar-refractivity contribution in [2.75, 3.05) is 19.6 Å². The molecule has 0 bridgehead atoms. The third-order valence-electron chi connectivity index (χ3n) is 9.76. The number of hydrogen-bond acceptors (Lipinski definition) is 6. The maximum absolute atomic E-state index is 14.5. The van der Waals surface area contributed by atoms with Crippen LogP contribution in [0, 0.1) is 16.7 Å². The molecule has 2 saturated carbocycles. The van der Waals surface area contributed by atoms with Gasteiger partial charge in [-0.15, -0.1) is 5.10 Å². The molecule has 10 nitrogen and oxygen atoms in total. The smallest absolute Gasteiger partial charge is 0.310 e. The van der Waals surface area contributed by atoms with Crippen molar-refractivity contribution < 1.29 is 35.7 Å². The number of rotatable bonds is 8. The lowest BCUT2D eigenvalue weighted by Gasteiger charge is -2.45. The topological polar surface area (TPSA) is 118 Å². The monoisotopic (exact) mass is 621 g/mol. The molecule has 1 spiro atoms. The van der Waals surface area contributed by atoms with Crippen molar-refractivity contribution >= 4 is 29.4 Å². The van der Waals surface area contributed by atoms with E-state index in [1.165, 1.54) is 14.0 Å². The number of fused-ring (bicyclic) bond motifs is 1. The standard InChI is InChI=1S/C30H36ClF2N5O5/c1-29(28(41)42)9-4-3-5-18(29)27(40)38-12-8-17-19(31)6-7-22(43-15-20-25(26(32)33)36(2)35-34-20)24(17)21(38)14-37-16-30(10-11-30)13-23(37)39/h6-7,18,21,26H,3-5,8-16H2,1-2H3,(H,41,42)/t18-,21+,29-/m0/s1/i3D,4D/t3-,4+,18-,21+,29-. The minimum atomic E-state index is -2.83. The number of alkyl halides is 2. The van der Waals surface area contributed by atoms with Gasteiger partial charge < -0.3 is 19.6 Å². The molecule has 3 heterocycles. The summed E-state index contributed by atoms with van der Waals surface area (Å²) in [5, 5.41) is 18.2. The van der Waals surface area contributed by atoms with E-state index in [1.807, 2.05) is 0 Å². The number of benzene rings is 1. The third-order valence-corrected chi connectivity index (χ3v) is 10.1. The van der Waals surface area contributed by atoms with E-state index >= 15 is 0 Å². The molecule has 6 rings (SSSR count). The lowest BCUT2D eigenvalue weighted by molar-refractivity contribution is -0.162. The summed E-state index contributed by atoms with van der Waals surface area (Å²) in [6.07, 6.45) is -2.30. The van der Waals surface area contributed by atoms with E-state index in [-0.39, 0.29) is 61.0 Å². The molecule has 232 valence electrons. The van der Waals surface area contributed by atoms with E-state index in [9.17, 15) is 28.3 Å². The first-order chi connectivity index (χ1) is 21.2. The first kappa shape index (κ1) is 27.3. The number of ether oxygens (including phenoxy) is 1. The number of halogens is 3. The number of aromatic nitrogens is 3. The summed E-state index contributed by atoms with van der Waals surface area (Å²) in [6, 6.07) is 2.46. The minimum absolute atomic E-state index is 0.0334. The third kappa shape index (κ3) is 5.25. The SMILES string of the molecule is [2H][C@@H]1C[C@@H](C(=O)N2CCc3c(Cl)ccc(OCc4nnn(C)c4C(F)F)c3[C@H]2CN2CC3(CC3)CC2=O)[C@@](C)(C(=O)O)C[C@@H]1[2H]. The molecule has 2 aliphatic heterocycles. The maximum Gasteiger partial charge on any atom is 0.310 e. The van der Waals surface area contributed by atoms with Crippen LogP contribution in [0.3, 0.4) is 0 Å². The molecule has 5 atom stereocenters. The number of carbonyl (C=O) groups is 3. The second kappa shape index (κ2) is 11.0. The Balaban J connectivity index is 1.39. The van der Waals surface area contributed by atoms with Crippen LogP contribution in [0.2, 0.25) is 5.02 Å². The molecule has 43 heavy (non-hydrogen) atoms. The summed E-state index contributed by atoms with van der Waals surface area (Å²) >= 11 is 6.68. The first-order valence-corrected chi connectivity index (χ1v) is 14.9. The number of aliphatic carboxylic acids is 1. The van der Waals surface area contributed by atoms with Crippen LogP contribution in [-0.2, 0) is 34.5 Å². The van der Waals surface area contributed by atoms with Gasteiger partial charge in [0.25, 0.3) is 6.43 Å². The molecule has 0 unspecified atom stereocenters. The largest absolute Gasteiger partial charge is 0.487 e. The second-order valence-corrected chi connectivity index (χ2v) is 12.9. The van der Waals surface area contributed by atoms with Gasteiger partial charge in [-0.3, -0.25) is 14.4 Å². The van der Waals surface area contributed by atoms with Gasteiger partial charge in [0.1, 0.15) is 23.7 Å². The molecular formula is C30H36ClF2N5O5. The summed E-state index contributed by atoms with van der Waals surface area (Å²) in [4.78, 5) is 43.5. The fourth-order valence-corrected chi connectivity index (χ4v) is 7.18. The number of carbonyl (C=O) groups excluding carboxylic acids is 2. The molecule has 2 aliphatic carbocycles. The molecule has 1 aromatic heterocycles. The van der Waals surface area contributed by atoms with Gasteiger partial charge >= 0.3 is 5.97 Å². The van der Waals surface area contributed by atoms with E-state index in [0.717, 1.165) is 17.5 Å². The van der Waals surface area contributed by atoms with E-state index in [4.69, 9.17) is 19.1 Å². The van der Waals surface area contributed by atoms with Crippen LogP contribution in [0.15, 0.2) is 12.1 Å². The van der Waals surface area contributed by atoms with Gasteiger partial charge in [0.15, 0.2) is 0 Å². The Morgan fingerprint density at radius 2 is 2.05 bits per heavy atom. The van der Waals surface area contributed by atoms with Crippen molar-refractivity contribution in [1.29, 1.82) is 0 Å². The highest BCUT2D eigenvalue weighted by Crippen LogP contribution is 2.54. The molecule has 1 aromatic carbocycles. The normalized spacial score (nSPS) is 30.3. The number of nitrogens with zero attached hydrogens (tertiary/aromatic N) is 5. The quantitative estimate of drug-likeness (QED) is 0.454. The lowest BCUT2D eigenvalue weighted by Crippen LogP contribution is -2.52. The summed E-state index contributed by atoms with van der Waals surface area (Å²) in [7, 11) is 1.36. The molecule has 3 fully saturated rings. The van der Waals surface area contributed by atoms with E-state index in [0.29, 0.717) is 35.5 Å². The summed E-state index contributed by atoms with van der Waals surface area (Å²) in [6.45, 7) is 1.97. The van der Waals surface area contributed by atoms with Gasteiger partial charge in [-0.2, -0.15) is 0 Å². The maximum atomic E-state index is 14.5. The Hall–Kier alpha value is -3.28. The van der Waals surface area contributed by atoms with Crippen molar-refractivity contribution in [3.63, 3.8) is 0 Å². The van der Waals surface area contributed by atoms with E-state index in [1.54, 1.807) is 21.9 Å². The summed E-state index contributed by atoms with van der Waals surface area (Å²) in [5.41, 5.74) is -0.819. The van der Waals surface area contributed by atoms with Crippen molar-refractivity contribution in [3.05, 3.63) is 39.7 Å². The molecule has 13 heteroatoms. The zero-order valence-electron chi connectivity index (χ0n) is 26.1. The number of aryl methyl sites for hydroxylation is 1. The van der Waals surface area contributed by atoms with Crippen LogP contribution in [0.25, 0.3) is 0 Å². The molecule has 0 radical (unpaired) electrons. The zero-order valence-corrected chi connectivity index (χ0v) is 24.8. The fourth-order valence-electron chi connectivity index (χ4n) is 6.92. The van der Waals surface area contributed by atoms with Crippen LogP contribution in [0.5, 0.6) is 5.75 Å². The van der Waals surface area contributed by atoms with Gasteiger partial charge in [-0.05, 0) is 62.1 Å². The average molecular weight is 622 g/mol. The predicted octanol–water partition coefficient (Wildman–Crippen LogP) is 4.70. The van der Waals surface area contributed by atoms with E-state index in [2.05, 4.69) is 10.3 Å². The molecule has 2 amide bonds. The zero-order chi connectivity index (χ0) is 32.4. The summed E-state index contributed by atoms with van der Waals surface area (Å²) < 4.78 is 51.2. The first-order valence-electron chi connectivity index (χ1n) is 15.7. The van der Waals surface area contributed by atoms with Gasteiger partial charge in [0.2, 0.25) is 11.8 Å². The Morgan fingerprint density at radius 3 is 2.72 bits per heavy atom. The van der Waals surface area contributed by atoms with Gasteiger partial charge in [-0.25, -0.2) is 13.5 Å². The van der Waals surface area contributed by atoms with Crippen molar-refractivity contribution in [2.24, 2.45) is 23.8 Å². The fraction of sp³-hybridized carbons (Fsp3) is 0.633. The van der Waals surface area contributed by atoms with Crippen molar-refractivity contribution in [1.82, 2.24) is 24.8 Å². The number of carboxylic acid groups (broad SMARTS) is 1. The molecule has 2 aromatic rings. The highest BCUT2D eigenvalue weighted by atomic mass is 35.5. The van der Waals surface area contributed by atoms with Gasteiger partial charge in [0.05, 0.1) is 17.4 Å². The number of hydrogen-bond donors (Lipinski definition) is 1. The van der Waals surface area contributed by atoms with Crippen molar-refractivity contribution in [2.45, 2.75) is 77.3 Å². The highest BCUT2D eigenvalue weighted by Gasteiger charge is 2.54. The second-order valence-electron chi connectivity index (χ2n) is 12.5. The molecular weight excluding hydrogens is 584 g/mol. The minimum Gasteiger partial charge on any atom is -0.487 e. The molecule has 1 N–H and O–H groups in total. The Kier molecular flexibility index (Phi) is 6.99. The summed E-state index contributed by atoms with van der Waals surface area (Å²) in [5.74, 6) is -2.48. The van der Waals surface area contributed by atoms with Crippen LogP contribution in [-0.4, -0.2) is 67.3 Å². The van der Waals surface area contributed by atoms with Crippen LogP contribution in [0.1, 0.15) is 89.5 Å². The number of carboxylic acids is 1. The van der Waals surface area contributed by atoms with Crippen LogP contribution < -0.4 is 4.74 Å². The van der Waals surface area contributed by atoms with Gasteiger partial charge in [-0.1, -0.05) is 29.6 Å². The lowest BCUT2D eigenvalue weighted by atomic mass is 9.66. The van der Waals surface area contributed by atoms with Crippen LogP contribution >= 0.6 is 11.6 Å².